The number of carbonyl (C=O) groups is 1. The minimum absolute atomic E-state index is 0.00783. The fraction of sp³-hybridized carbons (Fsp3) is 0.0952. The first-order chi connectivity index (χ1) is 13.4. The van der Waals surface area contributed by atoms with Crippen LogP contribution in [-0.4, -0.2) is 24.4 Å². The molecule has 0 N–H and O–H groups in total. The van der Waals surface area contributed by atoms with Crippen molar-refractivity contribution >= 4 is 21.3 Å². The Hall–Kier alpha value is -3.32. The molecule has 0 bridgehead atoms. The number of nitro groups is 1. The van der Waals surface area contributed by atoms with E-state index in [1.165, 1.54) is 36.4 Å². The van der Waals surface area contributed by atoms with Gasteiger partial charge in [-0.2, -0.15) is 0 Å². The Bertz CT molecular complexity index is 1080. The number of Topliss-reactive ketones (excluding diaryl/α,β-unsaturated/α-hetero) is 1. The van der Waals surface area contributed by atoms with Gasteiger partial charge in [0.25, 0.3) is 5.69 Å². The summed E-state index contributed by atoms with van der Waals surface area (Å²) in [6.07, 6.45) is 0.00783. The molecule has 0 heterocycles. The highest BCUT2D eigenvalue weighted by Crippen LogP contribution is 2.24. The summed E-state index contributed by atoms with van der Waals surface area (Å²) < 4.78 is 26.4. The Kier molecular flexibility index (Phi) is 5.65. The molecule has 28 heavy (non-hydrogen) atoms. The van der Waals surface area contributed by atoms with Crippen LogP contribution in [0.5, 0.6) is 0 Å². The van der Waals surface area contributed by atoms with E-state index in [9.17, 15) is 23.3 Å². The van der Waals surface area contributed by atoms with Crippen molar-refractivity contribution in [1.82, 2.24) is 0 Å². The molecule has 0 saturated carbocycles. The number of carbonyl (C=O) groups excluding carboxylic acids is 1. The van der Waals surface area contributed by atoms with Crippen LogP contribution < -0.4 is 0 Å². The van der Waals surface area contributed by atoms with Crippen LogP contribution in [0.15, 0.2) is 89.8 Å². The highest BCUT2D eigenvalue weighted by Gasteiger charge is 2.34. The third-order valence-electron chi connectivity index (χ3n) is 4.37. The molecule has 142 valence electrons. The maximum absolute atomic E-state index is 13.2. The average molecular weight is 395 g/mol. The van der Waals surface area contributed by atoms with Gasteiger partial charge in [-0.3, -0.25) is 14.9 Å². The second-order valence-electron chi connectivity index (χ2n) is 6.20. The first-order valence-electron chi connectivity index (χ1n) is 8.51. The van der Waals surface area contributed by atoms with Crippen molar-refractivity contribution < 1.29 is 18.1 Å². The molecule has 7 heteroatoms. The van der Waals surface area contributed by atoms with Crippen molar-refractivity contribution in [3.05, 3.63) is 106 Å². The lowest BCUT2D eigenvalue weighted by Crippen LogP contribution is -2.32. The molecule has 0 aliphatic carbocycles. The predicted molar refractivity (Wildman–Crippen MR) is 105 cm³/mol. The summed E-state index contributed by atoms with van der Waals surface area (Å²) in [6, 6.07) is 21.7. The van der Waals surface area contributed by atoms with Gasteiger partial charge in [-0.05, 0) is 36.2 Å². The Morgan fingerprint density at radius 1 is 0.857 bits per heavy atom. The van der Waals surface area contributed by atoms with E-state index in [-0.39, 0.29) is 22.6 Å². The first kappa shape index (κ1) is 19.4. The summed E-state index contributed by atoms with van der Waals surface area (Å²) in [7, 11) is -3.96. The average Bonchev–Trinajstić information content (AvgIpc) is 2.73. The molecule has 3 rings (SSSR count). The number of hydrogen-bond acceptors (Lipinski definition) is 5. The summed E-state index contributed by atoms with van der Waals surface area (Å²) in [5, 5.41) is 9.49. The van der Waals surface area contributed by atoms with Gasteiger partial charge in [-0.15, -0.1) is 0 Å². The fourth-order valence-corrected chi connectivity index (χ4v) is 4.57. The maximum atomic E-state index is 13.2. The van der Waals surface area contributed by atoms with E-state index in [2.05, 4.69) is 0 Å². The number of non-ortho nitro benzene ring substituents is 1. The van der Waals surface area contributed by atoms with Crippen molar-refractivity contribution in [1.29, 1.82) is 0 Å². The van der Waals surface area contributed by atoms with Gasteiger partial charge < -0.3 is 0 Å². The molecule has 0 saturated heterocycles. The van der Waals surface area contributed by atoms with Gasteiger partial charge >= 0.3 is 0 Å². The Labute approximate surface area is 162 Å². The number of hydrogen-bond donors (Lipinski definition) is 0. The molecule has 0 spiro atoms. The second-order valence-corrected chi connectivity index (χ2v) is 8.34. The van der Waals surface area contributed by atoms with Gasteiger partial charge in [0, 0.05) is 17.7 Å². The molecule has 1 unspecified atom stereocenters. The van der Waals surface area contributed by atoms with E-state index in [4.69, 9.17) is 0 Å². The van der Waals surface area contributed by atoms with Crippen LogP contribution >= 0.6 is 0 Å². The number of nitrogens with zero attached hydrogens (tertiary/aromatic N) is 1. The van der Waals surface area contributed by atoms with E-state index in [0.29, 0.717) is 5.56 Å². The molecule has 0 radical (unpaired) electrons. The van der Waals surface area contributed by atoms with Crippen LogP contribution in [0.25, 0.3) is 0 Å². The number of sulfone groups is 1. The smallest absolute Gasteiger partial charge is 0.269 e. The van der Waals surface area contributed by atoms with Gasteiger partial charge in [-0.1, -0.05) is 48.5 Å². The molecule has 0 fully saturated rings. The van der Waals surface area contributed by atoms with Gasteiger partial charge in [0.05, 0.1) is 9.82 Å². The summed E-state index contributed by atoms with van der Waals surface area (Å²) >= 11 is 0. The number of ketones is 1. The summed E-state index contributed by atoms with van der Waals surface area (Å²) in [6.45, 7) is 0. The van der Waals surface area contributed by atoms with Crippen molar-refractivity contribution in [3.8, 4) is 0 Å². The quantitative estimate of drug-likeness (QED) is 0.344. The van der Waals surface area contributed by atoms with Crippen LogP contribution in [0.4, 0.5) is 5.69 Å². The van der Waals surface area contributed by atoms with Crippen LogP contribution in [0.3, 0.4) is 0 Å². The molecule has 3 aromatic rings. The number of benzene rings is 3. The normalized spacial score (nSPS) is 12.3. The molecule has 0 aliphatic rings. The van der Waals surface area contributed by atoms with Crippen molar-refractivity contribution in [2.75, 3.05) is 0 Å². The Morgan fingerprint density at radius 2 is 1.39 bits per heavy atom. The maximum Gasteiger partial charge on any atom is 0.269 e. The lowest BCUT2D eigenvalue weighted by atomic mass is 10.0. The predicted octanol–water partition coefficient (Wildman–Crippen LogP) is 3.86. The topological polar surface area (TPSA) is 94.3 Å². The third kappa shape index (κ3) is 4.15. The minimum Gasteiger partial charge on any atom is -0.293 e. The number of nitro benzene ring substituents is 1. The highest BCUT2D eigenvalue weighted by molar-refractivity contribution is 7.92. The standard InChI is InChI=1S/C21H17NO5S/c23-21(17-11-13-18(14-12-17)22(24)25)20(15-16-7-3-1-4-8-16)28(26,27)19-9-5-2-6-10-19/h1-14,20H,15H2. The molecule has 1 atom stereocenters. The fourth-order valence-electron chi connectivity index (χ4n) is 2.88. The zero-order chi connectivity index (χ0) is 20.1. The molecule has 3 aromatic carbocycles. The Morgan fingerprint density at radius 3 is 1.93 bits per heavy atom. The van der Waals surface area contributed by atoms with E-state index in [0.717, 1.165) is 0 Å². The van der Waals surface area contributed by atoms with Gasteiger partial charge in [-0.25, -0.2) is 8.42 Å². The molecule has 0 amide bonds. The summed E-state index contributed by atoms with van der Waals surface area (Å²) in [5.41, 5.74) is 0.662. The second kappa shape index (κ2) is 8.14. The minimum atomic E-state index is -3.96. The lowest BCUT2D eigenvalue weighted by Gasteiger charge is -2.17. The van der Waals surface area contributed by atoms with Gasteiger partial charge in [0.15, 0.2) is 15.6 Å². The van der Waals surface area contributed by atoms with E-state index >= 15 is 0 Å². The third-order valence-corrected chi connectivity index (χ3v) is 6.42. The van der Waals surface area contributed by atoms with E-state index in [1.807, 2.05) is 6.07 Å². The van der Waals surface area contributed by atoms with E-state index < -0.39 is 25.8 Å². The molecule has 6 nitrogen and oxygen atoms in total. The summed E-state index contributed by atoms with van der Waals surface area (Å²) in [5.74, 6) is -0.595. The summed E-state index contributed by atoms with van der Waals surface area (Å²) in [4.78, 5) is 23.4. The number of rotatable bonds is 7. The van der Waals surface area contributed by atoms with Gasteiger partial charge in [0.1, 0.15) is 5.25 Å². The first-order valence-corrected chi connectivity index (χ1v) is 10.1. The monoisotopic (exact) mass is 395 g/mol. The van der Waals surface area contributed by atoms with Crippen LogP contribution in [0, 0.1) is 10.1 Å². The zero-order valence-corrected chi connectivity index (χ0v) is 15.6. The molecular weight excluding hydrogens is 378 g/mol. The largest absolute Gasteiger partial charge is 0.293 e. The van der Waals surface area contributed by atoms with Crippen molar-refractivity contribution in [2.45, 2.75) is 16.6 Å². The van der Waals surface area contributed by atoms with Crippen molar-refractivity contribution in [3.63, 3.8) is 0 Å². The SMILES string of the molecule is O=C(c1ccc([N+](=O)[O-])cc1)C(Cc1ccccc1)S(=O)(=O)c1ccccc1. The van der Waals surface area contributed by atoms with Crippen molar-refractivity contribution in [2.24, 2.45) is 0 Å². The van der Waals surface area contributed by atoms with E-state index in [1.54, 1.807) is 42.5 Å². The molecule has 0 aliphatic heterocycles. The Balaban J connectivity index is 2.03. The molecular formula is C21H17NO5S. The van der Waals surface area contributed by atoms with Crippen LogP contribution in [-0.2, 0) is 16.3 Å². The van der Waals surface area contributed by atoms with Crippen LogP contribution in [0.2, 0.25) is 0 Å². The molecule has 0 aromatic heterocycles. The highest BCUT2D eigenvalue weighted by atomic mass is 32.2. The van der Waals surface area contributed by atoms with Crippen LogP contribution in [0.1, 0.15) is 15.9 Å². The van der Waals surface area contributed by atoms with Gasteiger partial charge in [0.2, 0.25) is 0 Å². The zero-order valence-electron chi connectivity index (χ0n) is 14.8. The lowest BCUT2D eigenvalue weighted by molar-refractivity contribution is -0.384.